The number of nitrogens with one attached hydrogen (secondary N) is 1. The number of hydrogen-bond acceptors (Lipinski definition) is 5. The Morgan fingerprint density at radius 3 is 2.73 bits per heavy atom. The van der Waals surface area contributed by atoms with E-state index in [1.54, 1.807) is 34.5 Å². The molecule has 1 aromatic carbocycles. The lowest BCUT2D eigenvalue weighted by molar-refractivity contribution is 0.596. The third-order valence-corrected chi connectivity index (χ3v) is 6.34. The summed E-state index contributed by atoms with van der Waals surface area (Å²) in [7, 11) is -3.95. The van der Waals surface area contributed by atoms with E-state index in [0.717, 1.165) is 11.4 Å². The van der Waals surface area contributed by atoms with Crippen LogP contribution in [0.1, 0.15) is 11.4 Å². The van der Waals surface area contributed by atoms with Crippen LogP contribution >= 0.6 is 22.9 Å². The van der Waals surface area contributed by atoms with Gasteiger partial charge in [0.1, 0.15) is 0 Å². The van der Waals surface area contributed by atoms with E-state index < -0.39 is 10.0 Å². The van der Waals surface area contributed by atoms with Crippen LogP contribution in [-0.4, -0.2) is 27.6 Å². The SMILES string of the molecule is Cc1cc(C)n(-c2ccccc2NS(=O)(=O)c2c(Cl)nc3sccn23)n1. The molecule has 0 radical (unpaired) electrons. The molecule has 10 heteroatoms. The topological polar surface area (TPSA) is 81.3 Å². The van der Waals surface area contributed by atoms with Crippen LogP contribution < -0.4 is 4.72 Å². The van der Waals surface area contributed by atoms with Gasteiger partial charge in [-0.05, 0) is 32.0 Å². The van der Waals surface area contributed by atoms with Gasteiger partial charge in [-0.3, -0.25) is 9.12 Å². The first-order valence-corrected chi connectivity index (χ1v) is 10.4. The van der Waals surface area contributed by atoms with E-state index in [4.69, 9.17) is 11.6 Å². The molecule has 7 nitrogen and oxygen atoms in total. The molecule has 0 fully saturated rings. The smallest absolute Gasteiger partial charge is 0.278 e. The second-order valence-corrected chi connectivity index (χ2v) is 8.55. The van der Waals surface area contributed by atoms with Gasteiger partial charge < -0.3 is 0 Å². The Hall–Kier alpha value is -2.36. The van der Waals surface area contributed by atoms with E-state index in [-0.39, 0.29) is 10.2 Å². The summed E-state index contributed by atoms with van der Waals surface area (Å²) < 4.78 is 31.8. The molecule has 0 spiro atoms. The third-order valence-electron chi connectivity index (χ3n) is 3.82. The van der Waals surface area contributed by atoms with E-state index in [0.29, 0.717) is 16.3 Å². The Labute approximate surface area is 158 Å². The van der Waals surface area contributed by atoms with E-state index in [1.165, 1.54) is 15.7 Å². The van der Waals surface area contributed by atoms with Crippen molar-refractivity contribution < 1.29 is 8.42 Å². The molecule has 134 valence electrons. The normalized spacial score (nSPS) is 12.0. The maximum atomic E-state index is 13.0. The lowest BCUT2D eigenvalue weighted by Crippen LogP contribution is -2.17. The summed E-state index contributed by atoms with van der Waals surface area (Å²) in [4.78, 5) is 4.61. The van der Waals surface area contributed by atoms with Gasteiger partial charge in [-0.2, -0.15) is 13.5 Å². The molecule has 0 unspecified atom stereocenters. The second kappa shape index (κ2) is 6.11. The van der Waals surface area contributed by atoms with Crippen molar-refractivity contribution in [1.29, 1.82) is 0 Å². The minimum Gasteiger partial charge on any atom is -0.278 e. The van der Waals surface area contributed by atoms with Gasteiger partial charge in [-0.15, -0.1) is 11.3 Å². The van der Waals surface area contributed by atoms with Crippen LogP contribution in [0.5, 0.6) is 0 Å². The quantitative estimate of drug-likeness (QED) is 0.559. The molecule has 3 aromatic heterocycles. The number of hydrogen-bond donors (Lipinski definition) is 1. The Balaban J connectivity index is 1.82. The first kappa shape index (κ1) is 17.1. The lowest BCUT2D eigenvalue weighted by atomic mass is 10.2. The monoisotopic (exact) mass is 407 g/mol. The van der Waals surface area contributed by atoms with E-state index in [1.807, 2.05) is 26.0 Å². The molecular weight excluding hydrogens is 394 g/mol. The van der Waals surface area contributed by atoms with Crippen molar-refractivity contribution in [3.63, 3.8) is 0 Å². The van der Waals surface area contributed by atoms with Crippen molar-refractivity contribution in [1.82, 2.24) is 19.2 Å². The molecule has 1 N–H and O–H groups in total. The predicted molar refractivity (Wildman–Crippen MR) is 102 cm³/mol. The average molecular weight is 408 g/mol. The van der Waals surface area contributed by atoms with Gasteiger partial charge in [0.15, 0.2) is 15.1 Å². The van der Waals surface area contributed by atoms with Crippen molar-refractivity contribution in [3.05, 3.63) is 58.4 Å². The van der Waals surface area contributed by atoms with Crippen LogP contribution in [-0.2, 0) is 10.0 Å². The first-order chi connectivity index (χ1) is 12.4. The highest BCUT2D eigenvalue weighted by molar-refractivity contribution is 7.92. The van der Waals surface area contributed by atoms with E-state index in [9.17, 15) is 8.42 Å². The molecule has 4 aromatic rings. The highest BCUT2D eigenvalue weighted by Gasteiger charge is 2.26. The number of fused-ring (bicyclic) bond motifs is 1. The molecule has 0 aliphatic rings. The Morgan fingerprint density at radius 2 is 2.00 bits per heavy atom. The summed E-state index contributed by atoms with van der Waals surface area (Å²) in [5.41, 5.74) is 2.78. The molecule has 4 rings (SSSR count). The van der Waals surface area contributed by atoms with Crippen LogP contribution in [0.15, 0.2) is 46.9 Å². The molecule has 0 aliphatic heterocycles. The van der Waals surface area contributed by atoms with Gasteiger partial charge in [0.25, 0.3) is 10.0 Å². The molecule has 0 saturated heterocycles. The summed E-state index contributed by atoms with van der Waals surface area (Å²) in [6, 6.07) is 8.99. The van der Waals surface area contributed by atoms with E-state index >= 15 is 0 Å². The maximum absolute atomic E-state index is 13.0. The van der Waals surface area contributed by atoms with Crippen molar-refractivity contribution in [2.45, 2.75) is 18.9 Å². The predicted octanol–water partition coefficient (Wildman–Crippen LogP) is 3.65. The molecular formula is C16H14ClN5O2S2. The number of nitrogens with zero attached hydrogens (tertiary/aromatic N) is 4. The number of aryl methyl sites for hydroxylation is 2. The maximum Gasteiger partial charge on any atom is 0.281 e. The second-order valence-electron chi connectivity index (χ2n) is 5.72. The van der Waals surface area contributed by atoms with Crippen LogP contribution in [0.4, 0.5) is 5.69 Å². The highest BCUT2D eigenvalue weighted by Crippen LogP contribution is 2.29. The van der Waals surface area contributed by atoms with Crippen LogP contribution in [0.25, 0.3) is 10.6 Å². The summed E-state index contributed by atoms with van der Waals surface area (Å²) in [6.07, 6.45) is 1.63. The molecule has 0 aliphatic carbocycles. The van der Waals surface area contributed by atoms with Gasteiger partial charge in [0, 0.05) is 17.3 Å². The largest absolute Gasteiger partial charge is 0.281 e. The summed E-state index contributed by atoms with van der Waals surface area (Å²) in [5.74, 6) is 0. The summed E-state index contributed by atoms with van der Waals surface area (Å²) in [6.45, 7) is 3.80. The van der Waals surface area contributed by atoms with Crippen molar-refractivity contribution in [3.8, 4) is 5.69 Å². The molecule has 26 heavy (non-hydrogen) atoms. The minimum atomic E-state index is -3.95. The van der Waals surface area contributed by atoms with Crippen LogP contribution in [0.3, 0.4) is 0 Å². The third kappa shape index (κ3) is 2.77. The van der Waals surface area contributed by atoms with Crippen LogP contribution in [0, 0.1) is 13.8 Å². The number of imidazole rings is 1. The Morgan fingerprint density at radius 1 is 1.23 bits per heavy atom. The number of thiazole rings is 1. The average Bonchev–Trinajstić information content (AvgIpc) is 3.21. The molecule has 0 amide bonds. The summed E-state index contributed by atoms with van der Waals surface area (Å²) in [5, 5.41) is 6.04. The zero-order valence-corrected chi connectivity index (χ0v) is 16.2. The number of aromatic nitrogens is 4. The van der Waals surface area contributed by atoms with E-state index in [2.05, 4.69) is 14.8 Å². The van der Waals surface area contributed by atoms with Crippen molar-refractivity contribution >= 4 is 43.6 Å². The van der Waals surface area contributed by atoms with Crippen molar-refractivity contribution in [2.75, 3.05) is 4.72 Å². The number of benzene rings is 1. The molecule has 0 atom stereocenters. The fourth-order valence-electron chi connectivity index (χ4n) is 2.79. The Bertz CT molecular complexity index is 1220. The fraction of sp³-hybridized carbons (Fsp3) is 0.125. The molecule has 3 heterocycles. The van der Waals surface area contributed by atoms with Gasteiger partial charge in [-0.25, -0.2) is 9.67 Å². The number of halogens is 1. The number of sulfonamides is 1. The zero-order chi connectivity index (χ0) is 18.5. The van der Waals surface area contributed by atoms with Gasteiger partial charge >= 0.3 is 0 Å². The minimum absolute atomic E-state index is 0.0621. The number of rotatable bonds is 4. The van der Waals surface area contributed by atoms with Gasteiger partial charge in [0.2, 0.25) is 0 Å². The van der Waals surface area contributed by atoms with Crippen LogP contribution in [0.2, 0.25) is 5.15 Å². The lowest BCUT2D eigenvalue weighted by Gasteiger charge is -2.13. The summed E-state index contributed by atoms with van der Waals surface area (Å²) >= 11 is 7.39. The van der Waals surface area contributed by atoms with Crippen molar-refractivity contribution in [2.24, 2.45) is 0 Å². The Kier molecular flexibility index (Phi) is 4.02. The molecule has 0 saturated carbocycles. The highest BCUT2D eigenvalue weighted by atomic mass is 35.5. The first-order valence-electron chi connectivity index (χ1n) is 7.63. The van der Waals surface area contributed by atoms with Gasteiger partial charge in [-0.1, -0.05) is 23.7 Å². The number of anilines is 1. The standard InChI is InChI=1S/C16H14ClN5O2S2/c1-10-9-11(2)22(19-10)13-6-4-3-5-12(13)20-26(23,24)15-14(17)18-16-21(15)7-8-25-16/h3-9,20H,1-2H3. The van der Waals surface area contributed by atoms with Gasteiger partial charge in [0.05, 0.1) is 17.1 Å². The molecule has 0 bridgehead atoms. The fourth-order valence-corrected chi connectivity index (χ4v) is 5.32. The number of para-hydroxylation sites is 2. The zero-order valence-electron chi connectivity index (χ0n) is 13.8.